The zero-order valence-electron chi connectivity index (χ0n) is 16.3. The van der Waals surface area contributed by atoms with Crippen molar-refractivity contribution in [2.75, 3.05) is 13.2 Å². The van der Waals surface area contributed by atoms with Crippen LogP contribution in [0.2, 0.25) is 0 Å². The fourth-order valence-corrected chi connectivity index (χ4v) is 2.66. The number of rotatable bonds is 10. The molecule has 0 aliphatic rings. The zero-order chi connectivity index (χ0) is 18.9. The summed E-state index contributed by atoms with van der Waals surface area (Å²) in [5.41, 5.74) is 0. The Bertz CT molecular complexity index is 691. The molecule has 0 fully saturated rings. The molecule has 0 radical (unpaired) electrons. The SMILES string of the molecule is CC(C)CCC(=O)O[C@@H](CNC(C)C)COc1cccc2ccccc12. The molecule has 4 heteroatoms. The molecular formula is C22H31NO3. The van der Waals surface area contributed by atoms with Crippen molar-refractivity contribution in [1.82, 2.24) is 5.32 Å². The van der Waals surface area contributed by atoms with Gasteiger partial charge in [-0.3, -0.25) is 4.79 Å². The van der Waals surface area contributed by atoms with Crippen LogP contribution in [0.25, 0.3) is 10.8 Å². The Balaban J connectivity index is 1.99. The van der Waals surface area contributed by atoms with Gasteiger partial charge in [-0.1, -0.05) is 64.1 Å². The van der Waals surface area contributed by atoms with Gasteiger partial charge in [0.25, 0.3) is 0 Å². The Kier molecular flexibility index (Phi) is 7.92. The van der Waals surface area contributed by atoms with E-state index in [0.717, 1.165) is 22.9 Å². The summed E-state index contributed by atoms with van der Waals surface area (Å²) in [5.74, 6) is 1.15. The van der Waals surface area contributed by atoms with Crippen LogP contribution in [0.3, 0.4) is 0 Å². The maximum atomic E-state index is 12.1. The fourth-order valence-electron chi connectivity index (χ4n) is 2.66. The monoisotopic (exact) mass is 357 g/mol. The van der Waals surface area contributed by atoms with Gasteiger partial charge in [0.2, 0.25) is 0 Å². The highest BCUT2D eigenvalue weighted by Crippen LogP contribution is 2.25. The fraction of sp³-hybridized carbons (Fsp3) is 0.500. The van der Waals surface area contributed by atoms with Crippen LogP contribution in [0.1, 0.15) is 40.5 Å². The molecular weight excluding hydrogens is 326 g/mol. The first-order chi connectivity index (χ1) is 12.5. The maximum absolute atomic E-state index is 12.1. The van der Waals surface area contributed by atoms with Gasteiger partial charge in [0.15, 0.2) is 0 Å². The van der Waals surface area contributed by atoms with Gasteiger partial charge in [0.05, 0.1) is 0 Å². The molecule has 0 aliphatic heterocycles. The zero-order valence-corrected chi connectivity index (χ0v) is 16.3. The van der Waals surface area contributed by atoms with Crippen LogP contribution < -0.4 is 10.1 Å². The summed E-state index contributed by atoms with van der Waals surface area (Å²) in [6.45, 7) is 9.27. The van der Waals surface area contributed by atoms with E-state index in [1.807, 2.05) is 30.3 Å². The minimum absolute atomic E-state index is 0.157. The van der Waals surface area contributed by atoms with E-state index in [2.05, 4.69) is 45.1 Å². The number of hydrogen-bond acceptors (Lipinski definition) is 4. The van der Waals surface area contributed by atoms with Crippen molar-refractivity contribution in [1.29, 1.82) is 0 Å². The molecule has 1 N–H and O–H groups in total. The number of carbonyl (C=O) groups excluding carboxylic acids is 1. The van der Waals surface area contributed by atoms with Crippen LogP contribution >= 0.6 is 0 Å². The minimum atomic E-state index is -0.309. The Hall–Kier alpha value is -2.07. The van der Waals surface area contributed by atoms with E-state index in [-0.39, 0.29) is 12.1 Å². The summed E-state index contributed by atoms with van der Waals surface area (Å²) in [4.78, 5) is 12.1. The largest absolute Gasteiger partial charge is 0.489 e. The van der Waals surface area contributed by atoms with Crippen LogP contribution in [0, 0.1) is 5.92 Å². The van der Waals surface area contributed by atoms with Gasteiger partial charge in [-0.05, 0) is 23.8 Å². The highest BCUT2D eigenvalue weighted by Gasteiger charge is 2.17. The van der Waals surface area contributed by atoms with E-state index in [1.165, 1.54) is 0 Å². The van der Waals surface area contributed by atoms with Crippen molar-refractivity contribution in [2.45, 2.75) is 52.7 Å². The van der Waals surface area contributed by atoms with E-state index in [1.54, 1.807) is 0 Å². The van der Waals surface area contributed by atoms with Crippen molar-refractivity contribution < 1.29 is 14.3 Å². The van der Waals surface area contributed by atoms with Gasteiger partial charge in [-0.25, -0.2) is 0 Å². The van der Waals surface area contributed by atoms with Crippen LogP contribution in [0.4, 0.5) is 0 Å². The maximum Gasteiger partial charge on any atom is 0.306 e. The Labute approximate surface area is 156 Å². The lowest BCUT2D eigenvalue weighted by Gasteiger charge is -2.21. The third-order valence-corrected chi connectivity index (χ3v) is 4.15. The second-order valence-corrected chi connectivity index (χ2v) is 7.40. The Morgan fingerprint density at radius 2 is 1.77 bits per heavy atom. The Morgan fingerprint density at radius 1 is 1.04 bits per heavy atom. The van der Waals surface area contributed by atoms with E-state index >= 15 is 0 Å². The van der Waals surface area contributed by atoms with Gasteiger partial charge >= 0.3 is 5.97 Å². The van der Waals surface area contributed by atoms with Gasteiger partial charge in [-0.15, -0.1) is 0 Å². The van der Waals surface area contributed by atoms with Gasteiger partial charge in [-0.2, -0.15) is 0 Å². The van der Waals surface area contributed by atoms with Crippen molar-refractivity contribution >= 4 is 16.7 Å². The van der Waals surface area contributed by atoms with Gasteiger partial charge in [0, 0.05) is 24.4 Å². The van der Waals surface area contributed by atoms with Crippen LogP contribution in [-0.2, 0) is 9.53 Å². The number of esters is 1. The lowest BCUT2D eigenvalue weighted by atomic mass is 10.1. The van der Waals surface area contributed by atoms with Crippen molar-refractivity contribution in [2.24, 2.45) is 5.92 Å². The van der Waals surface area contributed by atoms with Crippen molar-refractivity contribution in [3.05, 3.63) is 42.5 Å². The van der Waals surface area contributed by atoms with Crippen molar-refractivity contribution in [3.63, 3.8) is 0 Å². The second-order valence-electron chi connectivity index (χ2n) is 7.40. The molecule has 0 spiro atoms. The topological polar surface area (TPSA) is 47.6 Å². The number of ether oxygens (including phenoxy) is 2. The smallest absolute Gasteiger partial charge is 0.306 e. The van der Waals surface area contributed by atoms with E-state index in [4.69, 9.17) is 9.47 Å². The number of carbonyl (C=O) groups is 1. The summed E-state index contributed by atoms with van der Waals surface area (Å²) < 4.78 is 11.7. The summed E-state index contributed by atoms with van der Waals surface area (Å²) >= 11 is 0. The molecule has 0 saturated carbocycles. The predicted octanol–water partition coefficient (Wildman–Crippen LogP) is 4.56. The third kappa shape index (κ3) is 6.68. The van der Waals surface area contributed by atoms with E-state index < -0.39 is 0 Å². The van der Waals surface area contributed by atoms with Gasteiger partial charge in [0.1, 0.15) is 18.5 Å². The molecule has 0 aromatic heterocycles. The van der Waals surface area contributed by atoms with Crippen LogP contribution in [0.15, 0.2) is 42.5 Å². The summed E-state index contributed by atoms with van der Waals surface area (Å²) in [6, 6.07) is 14.4. The standard InChI is InChI=1S/C22H31NO3/c1-16(2)12-13-22(24)26-19(14-23-17(3)4)15-25-21-11-7-9-18-8-5-6-10-20(18)21/h5-11,16-17,19,23H,12-15H2,1-4H3/t19-/m0/s1. The first-order valence-corrected chi connectivity index (χ1v) is 9.49. The number of hydrogen-bond donors (Lipinski definition) is 1. The lowest BCUT2D eigenvalue weighted by molar-refractivity contribution is -0.150. The molecule has 1 atom stereocenters. The van der Waals surface area contributed by atoms with E-state index in [0.29, 0.717) is 31.5 Å². The molecule has 0 saturated heterocycles. The first-order valence-electron chi connectivity index (χ1n) is 9.49. The number of nitrogens with one attached hydrogen (secondary N) is 1. The molecule has 2 aromatic carbocycles. The minimum Gasteiger partial charge on any atom is -0.489 e. The highest BCUT2D eigenvalue weighted by atomic mass is 16.6. The molecule has 4 nitrogen and oxygen atoms in total. The molecule has 0 bridgehead atoms. The average Bonchev–Trinajstić information content (AvgIpc) is 2.62. The van der Waals surface area contributed by atoms with Crippen molar-refractivity contribution in [3.8, 4) is 5.75 Å². The third-order valence-electron chi connectivity index (χ3n) is 4.15. The average molecular weight is 357 g/mol. The molecule has 0 unspecified atom stereocenters. The summed E-state index contributed by atoms with van der Waals surface area (Å²) in [5, 5.41) is 5.53. The van der Waals surface area contributed by atoms with Gasteiger partial charge < -0.3 is 14.8 Å². The molecule has 142 valence electrons. The quantitative estimate of drug-likeness (QED) is 0.633. The highest BCUT2D eigenvalue weighted by molar-refractivity contribution is 5.88. The molecule has 0 aliphatic carbocycles. The van der Waals surface area contributed by atoms with Crippen LogP contribution in [-0.4, -0.2) is 31.3 Å². The molecule has 2 aromatic rings. The number of benzene rings is 2. The summed E-state index contributed by atoms with van der Waals surface area (Å²) in [6.07, 6.45) is 0.980. The van der Waals surface area contributed by atoms with Crippen LogP contribution in [0.5, 0.6) is 5.75 Å². The molecule has 0 amide bonds. The molecule has 26 heavy (non-hydrogen) atoms. The first kappa shape index (κ1) is 20.2. The second kappa shape index (κ2) is 10.2. The Morgan fingerprint density at radius 3 is 2.50 bits per heavy atom. The summed E-state index contributed by atoms with van der Waals surface area (Å²) in [7, 11) is 0. The molecule has 2 rings (SSSR count). The normalized spacial score (nSPS) is 12.5. The number of fused-ring (bicyclic) bond motifs is 1. The predicted molar refractivity (Wildman–Crippen MR) is 107 cm³/mol. The lowest BCUT2D eigenvalue weighted by Crippen LogP contribution is -2.38. The van der Waals surface area contributed by atoms with E-state index in [9.17, 15) is 4.79 Å². The molecule has 0 heterocycles.